The molecular formula is C10H17N3. The van der Waals surface area contributed by atoms with Gasteiger partial charge in [-0.15, -0.1) is 10.2 Å². The zero-order valence-corrected chi connectivity index (χ0v) is 8.62. The highest BCUT2D eigenvalue weighted by Gasteiger charge is 2.30. The number of hydrogen-bond acceptors (Lipinski definition) is 2. The Kier molecular flexibility index (Phi) is 2.10. The molecule has 1 aromatic heterocycles. The lowest BCUT2D eigenvalue weighted by Gasteiger charge is -2.14. The molecule has 0 aromatic carbocycles. The molecule has 0 amide bonds. The Morgan fingerprint density at radius 3 is 2.69 bits per heavy atom. The number of nitrogens with zero attached hydrogens (tertiary/aromatic N) is 3. The molecule has 0 N–H and O–H groups in total. The number of aryl methyl sites for hydroxylation is 1. The van der Waals surface area contributed by atoms with E-state index in [4.69, 9.17) is 0 Å². The Balaban J connectivity index is 2.33. The van der Waals surface area contributed by atoms with E-state index in [9.17, 15) is 0 Å². The average Bonchev–Trinajstić information content (AvgIpc) is 2.89. The third-order valence-electron chi connectivity index (χ3n) is 2.87. The lowest BCUT2D eigenvalue weighted by atomic mass is 10.2. The Morgan fingerprint density at radius 2 is 2.15 bits per heavy atom. The predicted octanol–water partition coefficient (Wildman–Crippen LogP) is 2.43. The molecule has 3 heteroatoms. The maximum Gasteiger partial charge on any atom is 0.136 e. The molecule has 1 atom stereocenters. The van der Waals surface area contributed by atoms with Gasteiger partial charge in [-0.1, -0.05) is 6.92 Å². The summed E-state index contributed by atoms with van der Waals surface area (Å²) in [5.41, 5.74) is 0. The molecule has 1 aromatic rings. The summed E-state index contributed by atoms with van der Waals surface area (Å²) in [7, 11) is 0. The minimum Gasteiger partial charge on any atom is -0.312 e. The molecule has 1 unspecified atom stereocenters. The van der Waals surface area contributed by atoms with Gasteiger partial charge >= 0.3 is 0 Å². The van der Waals surface area contributed by atoms with Crippen molar-refractivity contribution in [3.05, 3.63) is 11.6 Å². The van der Waals surface area contributed by atoms with E-state index in [1.54, 1.807) is 0 Å². The van der Waals surface area contributed by atoms with Crippen LogP contribution in [0, 0.1) is 6.92 Å². The fraction of sp³-hybridized carbons (Fsp3) is 0.800. The normalized spacial score (nSPS) is 19.0. The quantitative estimate of drug-likeness (QED) is 0.713. The summed E-state index contributed by atoms with van der Waals surface area (Å²) in [5.74, 6) is 2.98. The van der Waals surface area contributed by atoms with E-state index >= 15 is 0 Å². The Morgan fingerprint density at radius 1 is 1.46 bits per heavy atom. The van der Waals surface area contributed by atoms with Gasteiger partial charge in [-0.3, -0.25) is 0 Å². The van der Waals surface area contributed by atoms with Crippen molar-refractivity contribution in [1.82, 2.24) is 14.8 Å². The van der Waals surface area contributed by atoms with Crippen LogP contribution >= 0.6 is 0 Å². The molecule has 2 rings (SSSR count). The zero-order chi connectivity index (χ0) is 9.42. The zero-order valence-electron chi connectivity index (χ0n) is 8.62. The lowest BCUT2D eigenvalue weighted by Crippen LogP contribution is -2.09. The molecule has 72 valence electrons. The molecule has 0 bridgehead atoms. The molecule has 0 aliphatic heterocycles. The second-order valence-electron chi connectivity index (χ2n) is 4.01. The third-order valence-corrected chi connectivity index (χ3v) is 2.87. The van der Waals surface area contributed by atoms with E-state index in [0.717, 1.165) is 12.2 Å². The minimum atomic E-state index is 0.547. The molecule has 0 saturated heterocycles. The van der Waals surface area contributed by atoms with Crippen LogP contribution in [-0.4, -0.2) is 14.8 Å². The fourth-order valence-electron chi connectivity index (χ4n) is 1.73. The van der Waals surface area contributed by atoms with Crippen LogP contribution in [0.3, 0.4) is 0 Å². The van der Waals surface area contributed by atoms with Crippen LogP contribution in [0.1, 0.15) is 56.7 Å². The van der Waals surface area contributed by atoms with E-state index in [1.807, 2.05) is 6.92 Å². The van der Waals surface area contributed by atoms with E-state index in [0.29, 0.717) is 12.0 Å². The number of hydrogen-bond donors (Lipinski definition) is 0. The van der Waals surface area contributed by atoms with Crippen molar-refractivity contribution in [2.24, 2.45) is 0 Å². The molecule has 0 spiro atoms. The van der Waals surface area contributed by atoms with Gasteiger partial charge in [0.2, 0.25) is 0 Å². The van der Waals surface area contributed by atoms with Crippen LogP contribution in [-0.2, 0) is 0 Å². The van der Waals surface area contributed by atoms with E-state index in [2.05, 4.69) is 28.6 Å². The Bertz CT molecular complexity index is 299. The van der Waals surface area contributed by atoms with Crippen molar-refractivity contribution in [1.29, 1.82) is 0 Å². The van der Waals surface area contributed by atoms with E-state index in [-0.39, 0.29) is 0 Å². The predicted molar refractivity (Wildman–Crippen MR) is 51.7 cm³/mol. The van der Waals surface area contributed by atoms with Crippen LogP contribution in [0.4, 0.5) is 0 Å². The van der Waals surface area contributed by atoms with Crippen LogP contribution in [0.25, 0.3) is 0 Å². The minimum absolute atomic E-state index is 0.547. The maximum atomic E-state index is 4.26. The Labute approximate surface area is 79.2 Å². The largest absolute Gasteiger partial charge is 0.312 e. The topological polar surface area (TPSA) is 30.7 Å². The molecule has 1 saturated carbocycles. The van der Waals surface area contributed by atoms with Crippen molar-refractivity contribution in [3.8, 4) is 0 Å². The fourth-order valence-corrected chi connectivity index (χ4v) is 1.73. The van der Waals surface area contributed by atoms with Crippen LogP contribution in [0.15, 0.2) is 0 Å². The summed E-state index contributed by atoms with van der Waals surface area (Å²) in [6.45, 7) is 6.49. The molecule has 13 heavy (non-hydrogen) atoms. The summed E-state index contributed by atoms with van der Waals surface area (Å²) >= 11 is 0. The monoisotopic (exact) mass is 179 g/mol. The summed E-state index contributed by atoms with van der Waals surface area (Å²) in [6, 6.07) is 0.547. The molecular weight excluding hydrogens is 162 g/mol. The molecule has 3 nitrogen and oxygen atoms in total. The van der Waals surface area contributed by atoms with Gasteiger partial charge in [0, 0.05) is 12.0 Å². The number of rotatable bonds is 3. The summed E-state index contributed by atoms with van der Waals surface area (Å²) < 4.78 is 2.30. The highest BCUT2D eigenvalue weighted by molar-refractivity contribution is 5.08. The summed E-state index contributed by atoms with van der Waals surface area (Å²) in [5, 5.41) is 8.42. The van der Waals surface area contributed by atoms with Crippen molar-refractivity contribution < 1.29 is 0 Å². The molecule has 1 aliphatic carbocycles. The van der Waals surface area contributed by atoms with Crippen molar-refractivity contribution >= 4 is 0 Å². The summed E-state index contributed by atoms with van der Waals surface area (Å²) in [4.78, 5) is 0. The smallest absolute Gasteiger partial charge is 0.136 e. The second-order valence-corrected chi connectivity index (χ2v) is 4.01. The third kappa shape index (κ3) is 1.47. The van der Waals surface area contributed by atoms with Gasteiger partial charge in [0.15, 0.2) is 0 Å². The second kappa shape index (κ2) is 3.13. The van der Waals surface area contributed by atoms with E-state index in [1.165, 1.54) is 18.7 Å². The average molecular weight is 179 g/mol. The van der Waals surface area contributed by atoms with Crippen LogP contribution in [0.2, 0.25) is 0 Å². The molecule has 1 aliphatic rings. The molecule has 1 heterocycles. The molecule has 1 fully saturated rings. The number of aromatic nitrogens is 3. The van der Waals surface area contributed by atoms with Crippen molar-refractivity contribution in [2.45, 2.75) is 52.0 Å². The highest BCUT2D eigenvalue weighted by Crippen LogP contribution is 2.40. The van der Waals surface area contributed by atoms with Crippen LogP contribution in [0.5, 0.6) is 0 Å². The van der Waals surface area contributed by atoms with Gasteiger partial charge in [-0.05, 0) is 33.1 Å². The summed E-state index contributed by atoms with van der Waals surface area (Å²) in [6.07, 6.45) is 3.75. The standard InChI is InChI=1S/C10H17N3/c1-4-7(2)13-8(3)11-12-10(13)9-5-6-9/h7,9H,4-6H2,1-3H3. The maximum absolute atomic E-state index is 4.26. The van der Waals surface area contributed by atoms with Gasteiger partial charge in [-0.2, -0.15) is 0 Å². The first-order chi connectivity index (χ1) is 6.24. The highest BCUT2D eigenvalue weighted by atomic mass is 15.3. The SMILES string of the molecule is CCC(C)n1c(C)nnc1C1CC1. The molecule has 0 radical (unpaired) electrons. The Hall–Kier alpha value is -0.860. The first-order valence-electron chi connectivity index (χ1n) is 5.15. The van der Waals surface area contributed by atoms with Gasteiger partial charge in [-0.25, -0.2) is 0 Å². The van der Waals surface area contributed by atoms with E-state index < -0.39 is 0 Å². The van der Waals surface area contributed by atoms with Gasteiger partial charge in [0.1, 0.15) is 11.6 Å². The first-order valence-corrected chi connectivity index (χ1v) is 5.15. The van der Waals surface area contributed by atoms with Crippen molar-refractivity contribution in [3.63, 3.8) is 0 Å². The van der Waals surface area contributed by atoms with Crippen molar-refractivity contribution in [2.75, 3.05) is 0 Å². The van der Waals surface area contributed by atoms with Gasteiger partial charge in [0.05, 0.1) is 0 Å². The lowest BCUT2D eigenvalue weighted by molar-refractivity contribution is 0.497. The van der Waals surface area contributed by atoms with Gasteiger partial charge < -0.3 is 4.57 Å². The first kappa shape index (κ1) is 8.73. The van der Waals surface area contributed by atoms with Crippen LogP contribution < -0.4 is 0 Å². The van der Waals surface area contributed by atoms with Gasteiger partial charge in [0.25, 0.3) is 0 Å².